The van der Waals surface area contributed by atoms with Gasteiger partial charge in [-0.2, -0.15) is 5.10 Å². The van der Waals surface area contributed by atoms with E-state index in [-0.39, 0.29) is 12.3 Å². The van der Waals surface area contributed by atoms with E-state index in [9.17, 15) is 9.59 Å². The molecule has 0 bridgehead atoms. The molecule has 0 aliphatic carbocycles. The molecule has 0 atom stereocenters. The van der Waals surface area contributed by atoms with Crippen LogP contribution in [0.15, 0.2) is 30.5 Å². The van der Waals surface area contributed by atoms with E-state index in [1.165, 1.54) is 6.20 Å². The minimum atomic E-state index is -0.824. The monoisotopic (exact) mass is 335 g/mol. The average Bonchev–Trinajstić information content (AvgIpc) is 2.88. The Morgan fingerprint density at radius 3 is 2.83 bits per heavy atom. The van der Waals surface area contributed by atoms with Crippen molar-refractivity contribution >= 4 is 23.5 Å². The van der Waals surface area contributed by atoms with Gasteiger partial charge in [0.05, 0.1) is 23.1 Å². The molecule has 0 aliphatic rings. The molecule has 6 nitrogen and oxygen atoms in total. The number of nitrogens with zero attached hydrogens (tertiary/aromatic N) is 2. The Morgan fingerprint density at radius 2 is 2.13 bits per heavy atom. The van der Waals surface area contributed by atoms with Gasteiger partial charge in [-0.1, -0.05) is 17.7 Å². The van der Waals surface area contributed by atoms with E-state index in [2.05, 4.69) is 10.4 Å². The number of benzene rings is 1. The summed E-state index contributed by atoms with van der Waals surface area (Å²) >= 11 is 5.97. The first kappa shape index (κ1) is 17.0. The van der Waals surface area contributed by atoms with E-state index >= 15 is 0 Å². The minimum Gasteiger partial charge on any atom is -0.481 e. The van der Waals surface area contributed by atoms with Crippen molar-refractivity contribution < 1.29 is 14.7 Å². The number of carboxylic acid groups (broad SMARTS) is 1. The van der Waals surface area contributed by atoms with Crippen LogP contribution in [0.3, 0.4) is 0 Å². The van der Waals surface area contributed by atoms with E-state index in [1.807, 2.05) is 19.1 Å². The number of amides is 1. The Labute approximate surface area is 139 Å². The van der Waals surface area contributed by atoms with Gasteiger partial charge >= 0.3 is 5.97 Å². The molecule has 1 aromatic heterocycles. The third kappa shape index (κ3) is 4.56. The molecule has 0 spiro atoms. The van der Waals surface area contributed by atoms with Gasteiger partial charge < -0.3 is 10.4 Å². The number of hydrogen-bond donors (Lipinski definition) is 2. The maximum atomic E-state index is 12.2. The smallest absolute Gasteiger partial charge is 0.303 e. The van der Waals surface area contributed by atoms with Crippen LogP contribution in [0.4, 0.5) is 0 Å². The average molecular weight is 336 g/mol. The van der Waals surface area contributed by atoms with Crippen molar-refractivity contribution in [3.05, 3.63) is 46.7 Å². The highest BCUT2D eigenvalue weighted by Crippen LogP contribution is 2.17. The normalized spacial score (nSPS) is 10.5. The number of hydrogen-bond acceptors (Lipinski definition) is 3. The van der Waals surface area contributed by atoms with Gasteiger partial charge in [0.1, 0.15) is 0 Å². The zero-order valence-corrected chi connectivity index (χ0v) is 13.5. The van der Waals surface area contributed by atoms with E-state index in [1.54, 1.807) is 16.8 Å². The first-order valence-corrected chi connectivity index (χ1v) is 7.67. The lowest BCUT2D eigenvalue weighted by atomic mass is 10.2. The summed E-state index contributed by atoms with van der Waals surface area (Å²) in [5.41, 5.74) is 1.99. The number of carbonyl (C=O) groups is 2. The lowest BCUT2D eigenvalue weighted by Crippen LogP contribution is -2.25. The van der Waals surface area contributed by atoms with Gasteiger partial charge in [0.2, 0.25) is 0 Å². The highest BCUT2D eigenvalue weighted by atomic mass is 35.5. The molecule has 23 heavy (non-hydrogen) atoms. The van der Waals surface area contributed by atoms with E-state index in [0.29, 0.717) is 30.0 Å². The topological polar surface area (TPSA) is 84.2 Å². The highest BCUT2D eigenvalue weighted by Gasteiger charge is 2.14. The third-order valence-corrected chi connectivity index (χ3v) is 3.65. The lowest BCUT2D eigenvalue weighted by molar-refractivity contribution is -0.137. The summed E-state index contributed by atoms with van der Waals surface area (Å²) in [6.07, 6.45) is 2.79. The number of nitrogens with one attached hydrogen (secondary N) is 1. The number of carbonyl (C=O) groups excluding carboxylic acids is 1. The number of halogens is 1. The molecule has 2 N–H and O–H groups in total. The van der Waals surface area contributed by atoms with Crippen molar-refractivity contribution in [3.63, 3.8) is 0 Å². The van der Waals surface area contributed by atoms with Gasteiger partial charge in [0.25, 0.3) is 5.91 Å². The molecule has 1 aromatic carbocycles. The fourth-order valence-corrected chi connectivity index (χ4v) is 2.38. The molecule has 0 saturated carbocycles. The molecule has 0 radical (unpaired) electrons. The summed E-state index contributed by atoms with van der Waals surface area (Å²) in [5, 5.41) is 16.2. The van der Waals surface area contributed by atoms with Crippen LogP contribution in [0.25, 0.3) is 5.69 Å². The van der Waals surface area contributed by atoms with Crippen LogP contribution >= 0.6 is 11.6 Å². The van der Waals surface area contributed by atoms with E-state index < -0.39 is 5.97 Å². The van der Waals surface area contributed by atoms with Crippen molar-refractivity contribution in [1.29, 1.82) is 0 Å². The van der Waals surface area contributed by atoms with Crippen molar-refractivity contribution in [2.75, 3.05) is 6.54 Å². The second-order valence-electron chi connectivity index (χ2n) is 5.14. The van der Waals surface area contributed by atoms with Crippen LogP contribution in [-0.2, 0) is 4.79 Å². The fraction of sp³-hybridized carbons (Fsp3) is 0.312. The molecular formula is C16H18ClN3O3. The molecular weight excluding hydrogens is 318 g/mol. The van der Waals surface area contributed by atoms with Gasteiger partial charge in [0, 0.05) is 18.0 Å². The Balaban J connectivity index is 1.98. The van der Waals surface area contributed by atoms with Crippen molar-refractivity contribution in [3.8, 4) is 5.69 Å². The zero-order valence-electron chi connectivity index (χ0n) is 12.8. The Hall–Kier alpha value is -2.34. The summed E-state index contributed by atoms with van der Waals surface area (Å²) in [4.78, 5) is 22.6. The van der Waals surface area contributed by atoms with Crippen molar-refractivity contribution in [2.24, 2.45) is 0 Å². The molecule has 2 rings (SSSR count). The molecule has 7 heteroatoms. The quantitative estimate of drug-likeness (QED) is 0.762. The van der Waals surface area contributed by atoms with Crippen molar-refractivity contribution in [2.45, 2.75) is 26.2 Å². The second kappa shape index (κ2) is 7.78. The van der Waals surface area contributed by atoms with E-state index in [0.717, 1.165) is 11.4 Å². The minimum absolute atomic E-state index is 0.113. The summed E-state index contributed by atoms with van der Waals surface area (Å²) in [5.74, 6) is -1.04. The molecule has 0 unspecified atom stereocenters. The van der Waals surface area contributed by atoms with Crippen LogP contribution in [0.2, 0.25) is 5.02 Å². The predicted octanol–water partition coefficient (Wildman–Crippen LogP) is 2.82. The Morgan fingerprint density at radius 1 is 1.35 bits per heavy atom. The number of aromatic nitrogens is 2. The van der Waals surface area contributed by atoms with Gasteiger partial charge in [-0.25, -0.2) is 4.68 Å². The van der Waals surface area contributed by atoms with Crippen LogP contribution in [0.1, 0.15) is 35.3 Å². The summed E-state index contributed by atoms with van der Waals surface area (Å²) in [7, 11) is 0. The van der Waals surface area contributed by atoms with Gasteiger partial charge in [0.15, 0.2) is 0 Å². The maximum absolute atomic E-state index is 12.2. The fourth-order valence-electron chi connectivity index (χ4n) is 2.20. The number of carboxylic acids is 1. The molecule has 1 heterocycles. The molecule has 0 aliphatic heterocycles. The molecule has 1 amide bonds. The maximum Gasteiger partial charge on any atom is 0.303 e. The third-order valence-electron chi connectivity index (χ3n) is 3.41. The van der Waals surface area contributed by atoms with Crippen molar-refractivity contribution in [1.82, 2.24) is 15.1 Å². The van der Waals surface area contributed by atoms with Crippen LogP contribution in [0.5, 0.6) is 0 Å². The highest BCUT2D eigenvalue weighted by molar-refractivity contribution is 6.30. The second-order valence-corrected chi connectivity index (χ2v) is 5.58. The largest absolute Gasteiger partial charge is 0.481 e. The standard InChI is InChI=1S/C16H18ClN3O3/c1-11-14(16(23)18-8-3-2-7-15(21)22)10-19-20(11)13-6-4-5-12(17)9-13/h4-6,9-10H,2-3,7-8H2,1H3,(H,18,23)(H,21,22). The molecule has 2 aromatic rings. The van der Waals surface area contributed by atoms with Crippen LogP contribution in [-0.4, -0.2) is 33.3 Å². The number of rotatable bonds is 7. The Bertz CT molecular complexity index is 712. The zero-order chi connectivity index (χ0) is 16.8. The Kier molecular flexibility index (Phi) is 5.76. The SMILES string of the molecule is Cc1c(C(=O)NCCCCC(=O)O)cnn1-c1cccc(Cl)c1. The molecule has 0 saturated heterocycles. The predicted molar refractivity (Wildman–Crippen MR) is 87.1 cm³/mol. The van der Waals surface area contributed by atoms with Crippen LogP contribution in [0, 0.1) is 6.92 Å². The first-order valence-electron chi connectivity index (χ1n) is 7.29. The van der Waals surface area contributed by atoms with Crippen LogP contribution < -0.4 is 5.32 Å². The number of aliphatic carboxylic acids is 1. The summed E-state index contributed by atoms with van der Waals surface area (Å²) in [6.45, 7) is 2.25. The number of unbranched alkanes of at least 4 members (excludes halogenated alkanes) is 1. The van der Waals surface area contributed by atoms with Gasteiger partial charge in [-0.05, 0) is 38.0 Å². The first-order chi connectivity index (χ1) is 11.0. The van der Waals surface area contributed by atoms with Gasteiger partial charge in [-0.15, -0.1) is 0 Å². The summed E-state index contributed by atoms with van der Waals surface area (Å²) in [6, 6.07) is 7.23. The lowest BCUT2D eigenvalue weighted by Gasteiger charge is -2.07. The van der Waals surface area contributed by atoms with Gasteiger partial charge in [-0.3, -0.25) is 9.59 Å². The van der Waals surface area contributed by atoms with E-state index in [4.69, 9.17) is 16.7 Å². The molecule has 0 fully saturated rings. The molecule has 122 valence electrons. The summed E-state index contributed by atoms with van der Waals surface area (Å²) < 4.78 is 1.66.